The third-order valence-corrected chi connectivity index (χ3v) is 8.16. The van der Waals surface area contributed by atoms with Crippen molar-refractivity contribution < 1.29 is 13.2 Å². The second-order valence-electron chi connectivity index (χ2n) is 8.18. The normalized spacial score (nSPS) is 17.6. The maximum absolute atomic E-state index is 13.2. The molecule has 0 N–H and O–H groups in total. The largest absolute Gasteiger partial charge is 0.336 e. The molecule has 0 unspecified atom stereocenters. The van der Waals surface area contributed by atoms with Crippen molar-refractivity contribution in [3.05, 3.63) is 59.0 Å². The molecule has 1 aliphatic heterocycles. The number of aromatic nitrogens is 3. The summed E-state index contributed by atoms with van der Waals surface area (Å²) in [4.78, 5) is 19.5. The number of sulfonamides is 1. The number of benzene rings is 1. The number of hydrogen-bond donors (Lipinski definition) is 0. The van der Waals surface area contributed by atoms with Gasteiger partial charge in [0.1, 0.15) is 5.56 Å². The van der Waals surface area contributed by atoms with Crippen LogP contribution in [-0.4, -0.2) is 64.3 Å². The van der Waals surface area contributed by atoms with E-state index in [-0.39, 0.29) is 19.0 Å². The van der Waals surface area contributed by atoms with Gasteiger partial charge >= 0.3 is 0 Å². The molecule has 162 valence electrons. The fourth-order valence-corrected chi connectivity index (χ4v) is 6.03. The Morgan fingerprint density at radius 1 is 1.03 bits per heavy atom. The lowest BCUT2D eigenvalue weighted by Crippen LogP contribution is -2.50. The molecule has 0 radical (unpaired) electrons. The number of amides is 1. The van der Waals surface area contributed by atoms with Crippen molar-refractivity contribution in [2.24, 2.45) is 0 Å². The molecule has 8 nitrogen and oxygen atoms in total. The van der Waals surface area contributed by atoms with Crippen LogP contribution < -0.4 is 0 Å². The smallest absolute Gasteiger partial charge is 0.259 e. The van der Waals surface area contributed by atoms with Gasteiger partial charge in [-0.3, -0.25) is 4.79 Å². The molecule has 1 aliphatic carbocycles. The summed E-state index contributed by atoms with van der Waals surface area (Å²) in [6, 6.07) is 7.29. The summed E-state index contributed by atoms with van der Waals surface area (Å²) < 4.78 is 29.5. The molecule has 31 heavy (non-hydrogen) atoms. The van der Waals surface area contributed by atoms with E-state index in [0.29, 0.717) is 34.9 Å². The highest BCUT2D eigenvalue weighted by Gasteiger charge is 2.32. The van der Waals surface area contributed by atoms with Gasteiger partial charge < -0.3 is 4.90 Å². The van der Waals surface area contributed by atoms with E-state index in [4.69, 9.17) is 0 Å². The SMILES string of the molecule is Cc1nn2cccnc2c1C(=O)N1CCN(S(=O)(=O)c2ccc3c(c2)CCCC3)CC1. The van der Waals surface area contributed by atoms with Gasteiger partial charge in [-0.1, -0.05) is 6.07 Å². The van der Waals surface area contributed by atoms with E-state index in [0.717, 1.165) is 31.2 Å². The Hall–Kier alpha value is -2.78. The van der Waals surface area contributed by atoms with E-state index >= 15 is 0 Å². The fourth-order valence-electron chi connectivity index (χ4n) is 4.56. The highest BCUT2D eigenvalue weighted by atomic mass is 32.2. The highest BCUT2D eigenvalue weighted by Crippen LogP contribution is 2.26. The number of rotatable bonds is 3. The van der Waals surface area contributed by atoms with Crippen LogP contribution in [0.1, 0.15) is 40.0 Å². The fraction of sp³-hybridized carbons (Fsp3) is 0.409. The molecule has 1 aromatic carbocycles. The Balaban J connectivity index is 1.33. The molecule has 2 aliphatic rings. The molecule has 1 saturated heterocycles. The Morgan fingerprint density at radius 3 is 2.55 bits per heavy atom. The van der Waals surface area contributed by atoms with Gasteiger partial charge in [-0.05, 0) is 61.9 Å². The predicted octanol–water partition coefficient (Wildman–Crippen LogP) is 2.06. The van der Waals surface area contributed by atoms with Crippen molar-refractivity contribution in [2.75, 3.05) is 26.2 Å². The number of hydrogen-bond acceptors (Lipinski definition) is 5. The van der Waals surface area contributed by atoms with E-state index < -0.39 is 10.0 Å². The Morgan fingerprint density at radius 2 is 1.77 bits per heavy atom. The van der Waals surface area contributed by atoms with Crippen molar-refractivity contribution in [1.82, 2.24) is 23.8 Å². The van der Waals surface area contributed by atoms with Gasteiger partial charge in [0.25, 0.3) is 5.91 Å². The number of carbonyl (C=O) groups excluding carboxylic acids is 1. The van der Waals surface area contributed by atoms with Crippen molar-refractivity contribution in [3.8, 4) is 0 Å². The zero-order valence-corrected chi connectivity index (χ0v) is 18.3. The maximum atomic E-state index is 13.2. The van der Waals surface area contributed by atoms with Gasteiger partial charge in [0.05, 0.1) is 10.6 Å². The minimum absolute atomic E-state index is 0.156. The van der Waals surface area contributed by atoms with Crippen LogP contribution in [0.3, 0.4) is 0 Å². The van der Waals surface area contributed by atoms with Crippen molar-refractivity contribution in [1.29, 1.82) is 0 Å². The molecule has 0 spiro atoms. The molecular formula is C22H25N5O3S. The molecule has 1 amide bonds. The Labute approximate surface area is 181 Å². The predicted molar refractivity (Wildman–Crippen MR) is 115 cm³/mol. The van der Waals surface area contributed by atoms with Crippen LogP contribution >= 0.6 is 0 Å². The third-order valence-electron chi connectivity index (χ3n) is 6.27. The van der Waals surface area contributed by atoms with Crippen LogP contribution in [0.5, 0.6) is 0 Å². The van der Waals surface area contributed by atoms with E-state index in [1.165, 1.54) is 9.87 Å². The van der Waals surface area contributed by atoms with Crippen molar-refractivity contribution in [3.63, 3.8) is 0 Å². The Kier molecular flexibility index (Phi) is 5.02. The van der Waals surface area contributed by atoms with E-state index in [2.05, 4.69) is 10.1 Å². The summed E-state index contributed by atoms with van der Waals surface area (Å²) in [5.74, 6) is -0.156. The van der Waals surface area contributed by atoms with Crippen LogP contribution in [0.2, 0.25) is 0 Å². The van der Waals surface area contributed by atoms with E-state index in [1.807, 2.05) is 12.1 Å². The highest BCUT2D eigenvalue weighted by molar-refractivity contribution is 7.89. The van der Waals surface area contributed by atoms with E-state index in [9.17, 15) is 13.2 Å². The van der Waals surface area contributed by atoms with Gasteiger partial charge in [0, 0.05) is 38.6 Å². The Bertz CT molecular complexity index is 1260. The van der Waals surface area contributed by atoms with Crippen molar-refractivity contribution in [2.45, 2.75) is 37.5 Å². The molecule has 0 bridgehead atoms. The second-order valence-corrected chi connectivity index (χ2v) is 10.1. The minimum atomic E-state index is -3.57. The summed E-state index contributed by atoms with van der Waals surface area (Å²) in [5, 5.41) is 4.36. The number of aryl methyl sites for hydroxylation is 3. The first-order valence-corrected chi connectivity index (χ1v) is 12.1. The van der Waals surface area contributed by atoms with Gasteiger partial charge in [-0.15, -0.1) is 0 Å². The first kappa shape index (κ1) is 20.1. The zero-order valence-electron chi connectivity index (χ0n) is 17.5. The van der Waals surface area contributed by atoms with Crippen LogP contribution in [0.4, 0.5) is 0 Å². The molecule has 2 aromatic heterocycles. The first-order valence-electron chi connectivity index (χ1n) is 10.7. The number of carbonyl (C=O) groups is 1. The summed E-state index contributed by atoms with van der Waals surface area (Å²) in [6.07, 6.45) is 7.62. The second kappa shape index (κ2) is 7.72. The monoisotopic (exact) mass is 439 g/mol. The quantitative estimate of drug-likeness (QED) is 0.623. The zero-order chi connectivity index (χ0) is 21.6. The lowest BCUT2D eigenvalue weighted by atomic mass is 9.92. The summed E-state index contributed by atoms with van der Waals surface area (Å²) in [6.45, 7) is 3.02. The molecule has 5 rings (SSSR count). The van der Waals surface area contributed by atoms with Crippen LogP contribution in [0, 0.1) is 6.92 Å². The van der Waals surface area contributed by atoms with Crippen molar-refractivity contribution >= 4 is 21.6 Å². The van der Waals surface area contributed by atoms with Gasteiger partial charge in [-0.25, -0.2) is 17.9 Å². The lowest BCUT2D eigenvalue weighted by molar-refractivity contribution is 0.0699. The molecule has 0 atom stereocenters. The average Bonchev–Trinajstić information content (AvgIpc) is 3.14. The summed E-state index contributed by atoms with van der Waals surface area (Å²) in [5.41, 5.74) is 4.03. The molecular weight excluding hydrogens is 414 g/mol. The molecule has 0 saturated carbocycles. The van der Waals surface area contributed by atoms with Crippen LogP contribution in [-0.2, 0) is 22.9 Å². The minimum Gasteiger partial charge on any atom is -0.336 e. The van der Waals surface area contributed by atoms with Gasteiger partial charge in [-0.2, -0.15) is 9.40 Å². The third kappa shape index (κ3) is 3.51. The number of nitrogens with zero attached hydrogens (tertiary/aromatic N) is 5. The number of piperazine rings is 1. The summed E-state index contributed by atoms with van der Waals surface area (Å²) >= 11 is 0. The molecule has 3 aromatic rings. The maximum Gasteiger partial charge on any atom is 0.259 e. The van der Waals surface area contributed by atoms with Crippen LogP contribution in [0.15, 0.2) is 41.6 Å². The number of fused-ring (bicyclic) bond motifs is 2. The van der Waals surface area contributed by atoms with Gasteiger partial charge in [0.15, 0.2) is 5.65 Å². The topological polar surface area (TPSA) is 87.9 Å². The lowest BCUT2D eigenvalue weighted by Gasteiger charge is -2.34. The van der Waals surface area contributed by atoms with Gasteiger partial charge in [0.2, 0.25) is 10.0 Å². The summed E-state index contributed by atoms with van der Waals surface area (Å²) in [7, 11) is -3.57. The molecule has 9 heteroatoms. The first-order chi connectivity index (χ1) is 14.9. The molecule has 1 fully saturated rings. The molecule has 3 heterocycles. The van der Waals surface area contributed by atoms with E-state index in [1.54, 1.807) is 40.9 Å². The average molecular weight is 440 g/mol. The standard InChI is InChI=1S/C22H25N5O3S/c1-16-20(21-23-9-4-10-27(21)24-16)22(28)25-11-13-26(14-12-25)31(29,30)19-8-7-17-5-2-3-6-18(17)15-19/h4,7-10,15H,2-3,5-6,11-14H2,1H3. The van der Waals surface area contributed by atoms with Crippen LogP contribution in [0.25, 0.3) is 5.65 Å².